The largest absolute Gasteiger partial charge is 0.355 e. The number of rotatable bonds is 5. The number of fused-ring (bicyclic) bond motifs is 1. The molecule has 0 atom stereocenters. The summed E-state index contributed by atoms with van der Waals surface area (Å²) >= 11 is 0. The molecule has 0 unspecified atom stereocenters. The maximum Gasteiger partial charge on any atom is 0.272 e. The van der Waals surface area contributed by atoms with Crippen molar-refractivity contribution in [1.82, 2.24) is 24.8 Å². The maximum atomic E-state index is 13.3. The second-order valence-electron chi connectivity index (χ2n) is 7.88. The van der Waals surface area contributed by atoms with E-state index in [1.54, 1.807) is 18.3 Å². The smallest absolute Gasteiger partial charge is 0.272 e. The van der Waals surface area contributed by atoms with Crippen LogP contribution in [0.3, 0.4) is 0 Å². The van der Waals surface area contributed by atoms with Crippen LogP contribution in [0.1, 0.15) is 33.5 Å². The number of imidazole rings is 1. The van der Waals surface area contributed by atoms with Gasteiger partial charge in [-0.05, 0) is 24.3 Å². The summed E-state index contributed by atoms with van der Waals surface area (Å²) in [6, 6.07) is 13.0. The average molecular weight is 455 g/mol. The van der Waals surface area contributed by atoms with Crippen LogP contribution in [0.25, 0.3) is 11.3 Å². The van der Waals surface area contributed by atoms with Gasteiger partial charge in [-0.15, -0.1) is 0 Å². The monoisotopic (exact) mass is 455 g/mol. The van der Waals surface area contributed by atoms with Crippen molar-refractivity contribution >= 4 is 34.8 Å². The minimum Gasteiger partial charge on any atom is -0.355 e. The first kappa shape index (κ1) is 21.1. The van der Waals surface area contributed by atoms with Crippen molar-refractivity contribution in [3.8, 4) is 11.3 Å². The van der Waals surface area contributed by atoms with E-state index in [0.717, 1.165) is 11.3 Å². The molecule has 4 heterocycles. The Kier molecular flexibility index (Phi) is 5.38. The minimum absolute atomic E-state index is 0.0564. The van der Waals surface area contributed by atoms with E-state index in [1.165, 1.54) is 24.3 Å². The summed E-state index contributed by atoms with van der Waals surface area (Å²) in [5.41, 5.74) is 4.25. The lowest BCUT2D eigenvalue weighted by Gasteiger charge is -2.26. The molecule has 0 saturated heterocycles. The van der Waals surface area contributed by atoms with E-state index in [4.69, 9.17) is 0 Å². The van der Waals surface area contributed by atoms with Crippen LogP contribution in [-0.4, -0.2) is 49.0 Å². The first-order valence-corrected chi connectivity index (χ1v) is 10.6. The molecule has 10 heteroatoms. The molecule has 2 amide bonds. The van der Waals surface area contributed by atoms with E-state index < -0.39 is 0 Å². The van der Waals surface area contributed by atoms with E-state index in [2.05, 4.69) is 30.6 Å². The van der Waals surface area contributed by atoms with E-state index in [-0.39, 0.29) is 30.7 Å². The van der Waals surface area contributed by atoms with Crippen molar-refractivity contribution in [3.05, 3.63) is 78.1 Å². The van der Waals surface area contributed by atoms with Crippen molar-refractivity contribution in [1.29, 1.82) is 0 Å². The van der Waals surface area contributed by atoms with Crippen LogP contribution in [0.4, 0.5) is 17.2 Å². The number of anilines is 3. The van der Waals surface area contributed by atoms with E-state index in [0.29, 0.717) is 34.2 Å². The number of hydrogen-bond donors (Lipinski definition) is 4. The number of amides is 2. The SMILES string of the molecule is CC(=O)Nc1cc(-c2[nH]c3c(c2Nc2ccccc2)C(=O)CN(C(=O)c2cnc[nH]2)C3)ccn1. The highest BCUT2D eigenvalue weighted by Crippen LogP contribution is 2.38. The molecule has 1 aliphatic rings. The predicted molar refractivity (Wildman–Crippen MR) is 126 cm³/mol. The van der Waals surface area contributed by atoms with E-state index in [1.807, 2.05) is 30.3 Å². The van der Waals surface area contributed by atoms with Crippen molar-refractivity contribution in [2.45, 2.75) is 13.5 Å². The second kappa shape index (κ2) is 8.66. The summed E-state index contributed by atoms with van der Waals surface area (Å²) in [5.74, 6) is -0.333. The second-order valence-corrected chi connectivity index (χ2v) is 7.88. The zero-order valence-corrected chi connectivity index (χ0v) is 18.3. The molecule has 4 N–H and O–H groups in total. The van der Waals surface area contributed by atoms with Crippen molar-refractivity contribution < 1.29 is 14.4 Å². The minimum atomic E-state index is -0.304. The molecule has 0 fully saturated rings. The van der Waals surface area contributed by atoms with Crippen LogP contribution < -0.4 is 10.6 Å². The Hall–Kier alpha value is -4.73. The Morgan fingerprint density at radius 3 is 2.68 bits per heavy atom. The summed E-state index contributed by atoms with van der Waals surface area (Å²) < 4.78 is 0. The Bertz CT molecular complexity index is 1380. The number of H-pyrrole nitrogens is 2. The molecule has 10 nitrogen and oxygen atoms in total. The molecule has 0 saturated carbocycles. The molecular formula is C24H21N7O3. The average Bonchev–Trinajstić information content (AvgIpc) is 3.48. The highest BCUT2D eigenvalue weighted by molar-refractivity contribution is 6.10. The summed E-state index contributed by atoms with van der Waals surface area (Å²) in [6.45, 7) is 1.58. The number of hydrogen-bond acceptors (Lipinski definition) is 6. The standard InChI is InChI=1S/C24H21N7O3/c1-14(32)28-20-9-15(7-8-26-20)22-23(29-16-5-3-2-4-6-16)21-18(30-22)11-31(12-19(21)33)24(34)17-10-25-13-27-17/h2-10,13,29-30H,11-12H2,1H3,(H,25,27)(H,26,28,32). The number of aromatic amines is 2. The molecule has 4 aromatic rings. The third-order valence-corrected chi connectivity index (χ3v) is 5.45. The molecule has 0 radical (unpaired) electrons. The van der Waals surface area contributed by atoms with Crippen LogP contribution in [0.5, 0.6) is 0 Å². The van der Waals surface area contributed by atoms with Crippen LogP contribution in [0.15, 0.2) is 61.2 Å². The van der Waals surface area contributed by atoms with Gasteiger partial charge in [-0.3, -0.25) is 14.4 Å². The van der Waals surface area contributed by atoms with Crippen LogP contribution in [0, 0.1) is 0 Å². The molecule has 34 heavy (non-hydrogen) atoms. The Balaban J connectivity index is 1.58. The fourth-order valence-electron chi connectivity index (χ4n) is 4.01. The third kappa shape index (κ3) is 4.04. The van der Waals surface area contributed by atoms with Gasteiger partial charge in [0.2, 0.25) is 5.91 Å². The predicted octanol–water partition coefficient (Wildman–Crippen LogP) is 3.34. The summed E-state index contributed by atoms with van der Waals surface area (Å²) in [4.78, 5) is 53.3. The lowest BCUT2D eigenvalue weighted by molar-refractivity contribution is -0.114. The molecule has 0 bridgehead atoms. The summed E-state index contributed by atoms with van der Waals surface area (Å²) in [7, 11) is 0. The van der Waals surface area contributed by atoms with Crippen LogP contribution in [0.2, 0.25) is 0 Å². The van der Waals surface area contributed by atoms with Gasteiger partial charge in [0.05, 0.1) is 42.6 Å². The molecule has 3 aromatic heterocycles. The summed E-state index contributed by atoms with van der Waals surface area (Å²) in [6.07, 6.45) is 4.45. The van der Waals surface area contributed by atoms with Gasteiger partial charge in [0, 0.05) is 30.1 Å². The fraction of sp³-hybridized carbons (Fsp3) is 0.125. The topological polar surface area (TPSA) is 136 Å². The number of carbonyl (C=O) groups excluding carboxylic acids is 3. The molecular weight excluding hydrogens is 434 g/mol. The van der Waals surface area contributed by atoms with Gasteiger partial charge < -0.3 is 25.5 Å². The number of carbonyl (C=O) groups is 3. The number of nitrogens with one attached hydrogen (secondary N) is 4. The molecule has 0 spiro atoms. The maximum absolute atomic E-state index is 13.3. The Morgan fingerprint density at radius 2 is 1.94 bits per heavy atom. The number of ketones is 1. The van der Waals surface area contributed by atoms with Gasteiger partial charge >= 0.3 is 0 Å². The molecule has 170 valence electrons. The Morgan fingerprint density at radius 1 is 1.12 bits per heavy atom. The van der Waals surface area contributed by atoms with Gasteiger partial charge in [-0.2, -0.15) is 0 Å². The number of Topliss-reactive ketones (excluding diaryl/α,β-unsaturated/α-hetero) is 1. The van der Waals surface area contributed by atoms with Gasteiger partial charge in [-0.1, -0.05) is 18.2 Å². The molecule has 1 aliphatic heterocycles. The lowest BCUT2D eigenvalue weighted by atomic mass is 10.0. The normalized spacial score (nSPS) is 12.9. The fourth-order valence-corrected chi connectivity index (χ4v) is 4.01. The van der Waals surface area contributed by atoms with Crippen LogP contribution in [-0.2, 0) is 11.3 Å². The van der Waals surface area contributed by atoms with Crippen molar-refractivity contribution in [2.24, 2.45) is 0 Å². The van der Waals surface area contributed by atoms with E-state index in [9.17, 15) is 14.4 Å². The zero-order valence-electron chi connectivity index (χ0n) is 18.3. The highest BCUT2D eigenvalue weighted by atomic mass is 16.2. The third-order valence-electron chi connectivity index (χ3n) is 5.45. The molecule has 5 rings (SSSR count). The summed E-state index contributed by atoms with van der Waals surface area (Å²) in [5, 5.41) is 6.04. The van der Waals surface area contributed by atoms with Gasteiger partial charge in [-0.25, -0.2) is 9.97 Å². The first-order chi connectivity index (χ1) is 16.5. The van der Waals surface area contributed by atoms with Gasteiger partial charge in [0.1, 0.15) is 11.5 Å². The number of pyridine rings is 1. The molecule has 1 aromatic carbocycles. The van der Waals surface area contributed by atoms with Gasteiger partial charge in [0.25, 0.3) is 5.91 Å². The van der Waals surface area contributed by atoms with Crippen LogP contribution >= 0.6 is 0 Å². The van der Waals surface area contributed by atoms with E-state index >= 15 is 0 Å². The number of aromatic nitrogens is 4. The number of para-hydroxylation sites is 1. The first-order valence-electron chi connectivity index (χ1n) is 10.6. The molecule has 0 aliphatic carbocycles. The highest BCUT2D eigenvalue weighted by Gasteiger charge is 2.33. The quantitative estimate of drug-likeness (QED) is 0.364. The lowest BCUT2D eigenvalue weighted by Crippen LogP contribution is -2.39. The van der Waals surface area contributed by atoms with Crippen molar-refractivity contribution in [3.63, 3.8) is 0 Å². The number of nitrogens with zero attached hydrogens (tertiary/aromatic N) is 3. The Labute approximate surface area is 194 Å². The van der Waals surface area contributed by atoms with Crippen molar-refractivity contribution in [2.75, 3.05) is 17.2 Å². The number of benzene rings is 1. The zero-order chi connectivity index (χ0) is 23.7. The van der Waals surface area contributed by atoms with Gasteiger partial charge in [0.15, 0.2) is 5.78 Å².